The molecule has 8 nitrogen and oxygen atoms in total. The van der Waals surface area contributed by atoms with Crippen molar-refractivity contribution >= 4 is 27.5 Å². The molecule has 0 radical (unpaired) electrons. The number of carbonyl (C=O) groups excluding carboxylic acids is 1. The molecular weight excluding hydrogens is 304 g/mol. The zero-order valence-electron chi connectivity index (χ0n) is 12.2. The molecule has 0 aliphatic rings. The second-order valence-electron chi connectivity index (χ2n) is 4.94. The maximum absolute atomic E-state index is 12.4. The molecule has 0 saturated carbocycles. The van der Waals surface area contributed by atoms with E-state index in [0.717, 1.165) is 0 Å². The first kappa shape index (κ1) is 14.4. The van der Waals surface area contributed by atoms with E-state index in [1.807, 2.05) is 0 Å². The molecule has 3 heterocycles. The number of hydrogen-bond acceptors (Lipinski definition) is 6. The number of nitrogens with zero attached hydrogens (tertiary/aromatic N) is 3. The number of carbonyl (C=O) groups is 1. The third-order valence-electron chi connectivity index (χ3n) is 3.29. The molecule has 3 aromatic rings. The molecule has 0 aromatic carbocycles. The van der Waals surface area contributed by atoms with Gasteiger partial charge in [0.25, 0.3) is 11.5 Å². The quantitative estimate of drug-likeness (QED) is 0.671. The highest BCUT2D eigenvalue weighted by molar-refractivity contribution is 7.20. The van der Waals surface area contributed by atoms with Crippen LogP contribution in [0, 0.1) is 13.8 Å². The fourth-order valence-corrected chi connectivity index (χ4v) is 3.23. The number of hydrogen-bond donors (Lipinski definition) is 3. The number of H-pyrrole nitrogens is 2. The van der Waals surface area contributed by atoms with Gasteiger partial charge in [-0.1, -0.05) is 0 Å². The average molecular weight is 318 g/mol. The summed E-state index contributed by atoms with van der Waals surface area (Å²) < 4.78 is 0. The molecule has 0 aliphatic carbocycles. The summed E-state index contributed by atoms with van der Waals surface area (Å²) in [6.45, 7) is 5.33. The van der Waals surface area contributed by atoms with Gasteiger partial charge in [0.2, 0.25) is 0 Å². The number of aryl methyl sites for hydroxylation is 2. The van der Waals surface area contributed by atoms with Crippen LogP contribution in [0.25, 0.3) is 10.2 Å². The number of nitrogens with one attached hydrogen (secondary N) is 3. The standard InChI is InChI=1S/C13H14N6O2S/c1-5-8-11(20)14-4-15-13(8)22-9(5)12(21)16-6(2)10-17-7(3)18-19-10/h4,6H,1-3H3,(H,16,21)(H,14,15,20)(H,17,18,19). The fraction of sp³-hybridized carbons (Fsp3) is 0.308. The summed E-state index contributed by atoms with van der Waals surface area (Å²) >= 11 is 1.20. The lowest BCUT2D eigenvalue weighted by atomic mass is 10.2. The molecule has 0 fully saturated rings. The van der Waals surface area contributed by atoms with E-state index >= 15 is 0 Å². The van der Waals surface area contributed by atoms with Crippen molar-refractivity contribution in [1.82, 2.24) is 30.5 Å². The molecule has 1 unspecified atom stereocenters. The van der Waals surface area contributed by atoms with Crippen molar-refractivity contribution in [2.45, 2.75) is 26.8 Å². The summed E-state index contributed by atoms with van der Waals surface area (Å²) in [6.07, 6.45) is 1.33. The Hall–Kier alpha value is -2.55. The molecule has 0 spiro atoms. The van der Waals surface area contributed by atoms with Crippen LogP contribution >= 0.6 is 11.3 Å². The summed E-state index contributed by atoms with van der Waals surface area (Å²) in [6, 6.07) is -0.340. The van der Waals surface area contributed by atoms with Crippen LogP contribution in [0.2, 0.25) is 0 Å². The van der Waals surface area contributed by atoms with Crippen LogP contribution < -0.4 is 10.9 Å². The van der Waals surface area contributed by atoms with Gasteiger partial charge in [0, 0.05) is 0 Å². The molecular formula is C13H14N6O2S. The molecule has 114 valence electrons. The number of aromatic nitrogens is 5. The third-order valence-corrected chi connectivity index (χ3v) is 4.49. The molecule has 0 saturated heterocycles. The van der Waals surface area contributed by atoms with Crippen LogP contribution in [0.4, 0.5) is 0 Å². The minimum absolute atomic E-state index is 0.240. The minimum atomic E-state index is -0.340. The molecule has 3 N–H and O–H groups in total. The Morgan fingerprint density at radius 3 is 2.82 bits per heavy atom. The van der Waals surface area contributed by atoms with Crippen molar-refractivity contribution in [2.24, 2.45) is 0 Å². The summed E-state index contributed by atoms with van der Waals surface area (Å²) in [7, 11) is 0. The smallest absolute Gasteiger partial charge is 0.262 e. The first-order valence-electron chi connectivity index (χ1n) is 6.64. The summed E-state index contributed by atoms with van der Waals surface area (Å²) in [5.41, 5.74) is 0.389. The van der Waals surface area contributed by atoms with Gasteiger partial charge in [-0.25, -0.2) is 9.97 Å². The average Bonchev–Trinajstić information content (AvgIpc) is 3.04. The highest BCUT2D eigenvalue weighted by atomic mass is 32.1. The van der Waals surface area contributed by atoms with Gasteiger partial charge in [0.1, 0.15) is 10.7 Å². The zero-order chi connectivity index (χ0) is 15.9. The zero-order valence-corrected chi connectivity index (χ0v) is 13.0. The summed E-state index contributed by atoms with van der Waals surface area (Å²) in [4.78, 5) is 36.1. The van der Waals surface area contributed by atoms with Gasteiger partial charge in [-0.05, 0) is 26.3 Å². The number of amides is 1. The molecule has 0 aliphatic heterocycles. The summed E-state index contributed by atoms with van der Waals surface area (Å²) in [5, 5.41) is 10.1. The van der Waals surface area contributed by atoms with Crippen LogP contribution in [0.1, 0.15) is 39.8 Å². The summed E-state index contributed by atoms with van der Waals surface area (Å²) in [5.74, 6) is 0.931. The minimum Gasteiger partial charge on any atom is -0.342 e. The van der Waals surface area contributed by atoms with Gasteiger partial charge in [0.05, 0.1) is 22.6 Å². The topological polar surface area (TPSA) is 116 Å². The van der Waals surface area contributed by atoms with E-state index < -0.39 is 0 Å². The van der Waals surface area contributed by atoms with E-state index in [1.54, 1.807) is 20.8 Å². The number of thiophene rings is 1. The monoisotopic (exact) mass is 318 g/mol. The van der Waals surface area contributed by atoms with Gasteiger partial charge < -0.3 is 10.3 Å². The number of aromatic amines is 2. The Morgan fingerprint density at radius 2 is 2.18 bits per heavy atom. The molecule has 1 atom stereocenters. The van der Waals surface area contributed by atoms with Gasteiger partial charge in [0.15, 0.2) is 5.82 Å². The van der Waals surface area contributed by atoms with Crippen molar-refractivity contribution in [3.05, 3.63) is 38.8 Å². The van der Waals surface area contributed by atoms with Gasteiger partial charge in [-0.15, -0.1) is 11.3 Å². The van der Waals surface area contributed by atoms with E-state index in [1.165, 1.54) is 17.7 Å². The maximum atomic E-state index is 12.4. The van der Waals surface area contributed by atoms with Crippen LogP contribution in [-0.4, -0.2) is 31.1 Å². The highest BCUT2D eigenvalue weighted by Crippen LogP contribution is 2.26. The van der Waals surface area contributed by atoms with E-state index in [0.29, 0.717) is 32.3 Å². The second-order valence-corrected chi connectivity index (χ2v) is 5.94. The Balaban J connectivity index is 1.91. The van der Waals surface area contributed by atoms with Crippen LogP contribution in [0.15, 0.2) is 11.1 Å². The molecule has 3 aromatic heterocycles. The predicted molar refractivity (Wildman–Crippen MR) is 82.0 cm³/mol. The van der Waals surface area contributed by atoms with Crippen molar-refractivity contribution < 1.29 is 4.79 Å². The van der Waals surface area contributed by atoms with Crippen LogP contribution in [0.3, 0.4) is 0 Å². The largest absolute Gasteiger partial charge is 0.342 e. The molecule has 3 rings (SSSR count). The lowest BCUT2D eigenvalue weighted by Gasteiger charge is -2.09. The van der Waals surface area contributed by atoms with E-state index in [4.69, 9.17) is 0 Å². The first-order valence-corrected chi connectivity index (χ1v) is 7.45. The number of rotatable bonds is 3. The van der Waals surface area contributed by atoms with E-state index in [2.05, 4.69) is 30.5 Å². The van der Waals surface area contributed by atoms with Crippen molar-refractivity contribution in [3.8, 4) is 0 Å². The Labute approximate surface area is 129 Å². The van der Waals surface area contributed by atoms with Gasteiger partial charge in [-0.3, -0.25) is 14.7 Å². The fourth-order valence-electron chi connectivity index (χ4n) is 2.18. The molecule has 0 bridgehead atoms. The van der Waals surface area contributed by atoms with Crippen molar-refractivity contribution in [3.63, 3.8) is 0 Å². The lowest BCUT2D eigenvalue weighted by Crippen LogP contribution is -2.27. The Bertz CT molecular complexity index is 909. The van der Waals surface area contributed by atoms with Crippen molar-refractivity contribution in [2.75, 3.05) is 0 Å². The van der Waals surface area contributed by atoms with E-state index in [9.17, 15) is 9.59 Å². The van der Waals surface area contributed by atoms with E-state index in [-0.39, 0.29) is 17.5 Å². The Kier molecular flexibility index (Phi) is 3.49. The third kappa shape index (κ3) is 2.39. The van der Waals surface area contributed by atoms with Crippen molar-refractivity contribution in [1.29, 1.82) is 0 Å². The molecule has 22 heavy (non-hydrogen) atoms. The first-order chi connectivity index (χ1) is 10.5. The van der Waals surface area contributed by atoms with Crippen LogP contribution in [-0.2, 0) is 0 Å². The maximum Gasteiger partial charge on any atom is 0.262 e. The second kappa shape index (κ2) is 5.34. The molecule has 1 amide bonds. The number of fused-ring (bicyclic) bond motifs is 1. The van der Waals surface area contributed by atoms with Gasteiger partial charge >= 0.3 is 0 Å². The normalized spacial score (nSPS) is 12.5. The Morgan fingerprint density at radius 1 is 1.41 bits per heavy atom. The lowest BCUT2D eigenvalue weighted by molar-refractivity contribution is 0.0942. The molecule has 9 heteroatoms. The predicted octanol–water partition coefficient (Wildman–Crippen LogP) is 1.21. The van der Waals surface area contributed by atoms with Gasteiger partial charge in [-0.2, -0.15) is 5.10 Å². The highest BCUT2D eigenvalue weighted by Gasteiger charge is 2.21. The SMILES string of the molecule is Cc1nc(C(C)NC(=O)c2sc3nc[nH]c(=O)c3c2C)n[nH]1. The van der Waals surface area contributed by atoms with Crippen LogP contribution in [0.5, 0.6) is 0 Å².